The first-order valence-corrected chi connectivity index (χ1v) is 6.18. The average Bonchev–Trinajstić information content (AvgIpc) is 2.70. The number of morpholine rings is 1. The highest BCUT2D eigenvalue weighted by atomic mass is 16.5. The molecule has 1 aliphatic heterocycles. The molecule has 1 fully saturated rings. The molecule has 6 heteroatoms. The Labute approximate surface area is 106 Å². The molecule has 0 spiro atoms. The topological polar surface area (TPSA) is 56.1 Å². The third-order valence-corrected chi connectivity index (χ3v) is 3.23. The van der Waals surface area contributed by atoms with Gasteiger partial charge in [-0.1, -0.05) is 0 Å². The molecule has 0 bridgehead atoms. The van der Waals surface area contributed by atoms with E-state index in [1.54, 1.807) is 11.0 Å². The van der Waals surface area contributed by atoms with Crippen molar-refractivity contribution in [2.45, 2.75) is 26.1 Å². The molecule has 1 aliphatic rings. The Balaban J connectivity index is 2.03. The Morgan fingerprint density at radius 2 is 1.94 bits per heavy atom. The molecule has 0 radical (unpaired) electrons. The molecule has 0 N–H and O–H groups in total. The smallest absolute Gasteiger partial charge is 0.163 e. The van der Waals surface area contributed by atoms with Crippen LogP contribution in [0.3, 0.4) is 0 Å². The summed E-state index contributed by atoms with van der Waals surface area (Å²) in [6.45, 7) is 5.88. The average molecular weight is 247 g/mol. The van der Waals surface area contributed by atoms with Crippen molar-refractivity contribution < 1.29 is 4.74 Å². The number of anilines is 1. The molecule has 6 nitrogen and oxygen atoms in total. The Kier molecular flexibility index (Phi) is 2.66. The maximum atomic E-state index is 5.75. The first-order chi connectivity index (χ1) is 8.65. The van der Waals surface area contributed by atoms with E-state index >= 15 is 0 Å². The van der Waals surface area contributed by atoms with E-state index in [1.807, 2.05) is 13.2 Å². The fourth-order valence-electron chi connectivity index (χ4n) is 2.55. The number of rotatable bonds is 1. The molecule has 3 heterocycles. The first kappa shape index (κ1) is 11.4. The highest BCUT2D eigenvalue weighted by Crippen LogP contribution is 2.25. The van der Waals surface area contributed by atoms with Crippen molar-refractivity contribution in [3.63, 3.8) is 0 Å². The summed E-state index contributed by atoms with van der Waals surface area (Å²) in [5.41, 5.74) is 0.867. The highest BCUT2D eigenvalue weighted by molar-refractivity contribution is 5.86. The monoisotopic (exact) mass is 247 g/mol. The van der Waals surface area contributed by atoms with E-state index in [4.69, 9.17) is 4.74 Å². The van der Waals surface area contributed by atoms with Crippen molar-refractivity contribution in [1.82, 2.24) is 19.7 Å². The number of ether oxygens (including phenoxy) is 1. The van der Waals surface area contributed by atoms with Crippen molar-refractivity contribution in [3.05, 3.63) is 12.5 Å². The minimum Gasteiger partial charge on any atom is -0.372 e. The van der Waals surface area contributed by atoms with Gasteiger partial charge in [0.05, 0.1) is 23.8 Å². The summed E-state index contributed by atoms with van der Waals surface area (Å²) >= 11 is 0. The largest absolute Gasteiger partial charge is 0.372 e. The highest BCUT2D eigenvalue weighted by Gasteiger charge is 2.25. The van der Waals surface area contributed by atoms with Crippen LogP contribution >= 0.6 is 0 Å². The van der Waals surface area contributed by atoms with E-state index in [-0.39, 0.29) is 12.2 Å². The zero-order chi connectivity index (χ0) is 12.7. The molecule has 18 heavy (non-hydrogen) atoms. The minimum atomic E-state index is 0.218. The minimum absolute atomic E-state index is 0.218. The summed E-state index contributed by atoms with van der Waals surface area (Å²) in [7, 11) is 1.89. The van der Waals surface area contributed by atoms with Gasteiger partial charge in [0.15, 0.2) is 5.65 Å². The van der Waals surface area contributed by atoms with Gasteiger partial charge >= 0.3 is 0 Å². The van der Waals surface area contributed by atoms with Crippen molar-refractivity contribution in [3.8, 4) is 0 Å². The van der Waals surface area contributed by atoms with E-state index < -0.39 is 0 Å². The van der Waals surface area contributed by atoms with Crippen LogP contribution in [0.25, 0.3) is 11.0 Å². The van der Waals surface area contributed by atoms with Crippen LogP contribution in [0.1, 0.15) is 13.8 Å². The summed E-state index contributed by atoms with van der Waals surface area (Å²) in [5.74, 6) is 0.954. The third kappa shape index (κ3) is 1.82. The molecule has 0 aliphatic carbocycles. The summed E-state index contributed by atoms with van der Waals surface area (Å²) in [4.78, 5) is 10.9. The van der Waals surface area contributed by atoms with Gasteiger partial charge < -0.3 is 9.64 Å². The number of fused-ring (bicyclic) bond motifs is 1. The lowest BCUT2D eigenvalue weighted by Crippen LogP contribution is -2.45. The molecule has 2 unspecified atom stereocenters. The molecular weight excluding hydrogens is 230 g/mol. The molecule has 96 valence electrons. The second kappa shape index (κ2) is 4.20. The molecule has 3 rings (SSSR count). The standard InChI is InChI=1S/C12H17N5O/c1-8-5-17(6-9(2)18-8)12-10-4-15-16(3)11(10)13-7-14-12/h4,7-9H,5-6H2,1-3H3. The van der Waals surface area contributed by atoms with E-state index in [1.165, 1.54) is 0 Å². The first-order valence-electron chi connectivity index (χ1n) is 6.18. The van der Waals surface area contributed by atoms with Gasteiger partial charge in [0.2, 0.25) is 0 Å². The maximum absolute atomic E-state index is 5.75. The second-order valence-corrected chi connectivity index (χ2v) is 4.87. The summed E-state index contributed by atoms with van der Waals surface area (Å²) in [5, 5.41) is 5.25. The molecule has 0 saturated carbocycles. The van der Waals surface area contributed by atoms with Crippen LogP contribution in [-0.2, 0) is 11.8 Å². The molecule has 2 atom stereocenters. The number of aryl methyl sites for hydroxylation is 1. The molecule has 0 amide bonds. The van der Waals surface area contributed by atoms with Gasteiger partial charge in [0, 0.05) is 20.1 Å². The van der Waals surface area contributed by atoms with Crippen molar-refractivity contribution in [2.24, 2.45) is 7.05 Å². The normalized spacial score (nSPS) is 24.7. The quantitative estimate of drug-likeness (QED) is 0.751. The summed E-state index contributed by atoms with van der Waals surface area (Å²) in [6.07, 6.45) is 3.87. The van der Waals surface area contributed by atoms with E-state index in [2.05, 4.69) is 33.8 Å². The van der Waals surface area contributed by atoms with Gasteiger partial charge in [-0.15, -0.1) is 0 Å². The van der Waals surface area contributed by atoms with Crippen LogP contribution in [0.4, 0.5) is 5.82 Å². The van der Waals surface area contributed by atoms with Crippen LogP contribution in [0, 0.1) is 0 Å². The van der Waals surface area contributed by atoms with Crippen LogP contribution in [0.5, 0.6) is 0 Å². The van der Waals surface area contributed by atoms with Gasteiger partial charge in [-0.25, -0.2) is 9.97 Å². The van der Waals surface area contributed by atoms with Crippen LogP contribution in [0.2, 0.25) is 0 Å². The Hall–Kier alpha value is -1.69. The van der Waals surface area contributed by atoms with Gasteiger partial charge in [0.25, 0.3) is 0 Å². The van der Waals surface area contributed by atoms with Crippen molar-refractivity contribution in [2.75, 3.05) is 18.0 Å². The fraction of sp³-hybridized carbons (Fsp3) is 0.583. The maximum Gasteiger partial charge on any atom is 0.163 e. The van der Waals surface area contributed by atoms with Gasteiger partial charge in [-0.3, -0.25) is 4.68 Å². The number of nitrogens with zero attached hydrogens (tertiary/aromatic N) is 5. The Morgan fingerprint density at radius 3 is 2.67 bits per heavy atom. The lowest BCUT2D eigenvalue weighted by atomic mass is 10.2. The summed E-state index contributed by atoms with van der Waals surface area (Å²) in [6, 6.07) is 0. The zero-order valence-corrected chi connectivity index (χ0v) is 10.9. The molecular formula is C12H17N5O. The van der Waals surface area contributed by atoms with Crippen molar-refractivity contribution in [1.29, 1.82) is 0 Å². The van der Waals surface area contributed by atoms with E-state index in [0.29, 0.717) is 0 Å². The molecule has 2 aromatic rings. The van der Waals surface area contributed by atoms with E-state index in [0.717, 1.165) is 29.9 Å². The van der Waals surface area contributed by atoms with Gasteiger partial charge in [-0.05, 0) is 13.8 Å². The Bertz CT molecular complexity index is 557. The number of aromatic nitrogens is 4. The van der Waals surface area contributed by atoms with Gasteiger partial charge in [-0.2, -0.15) is 5.10 Å². The lowest BCUT2D eigenvalue weighted by Gasteiger charge is -2.36. The van der Waals surface area contributed by atoms with Crippen molar-refractivity contribution >= 4 is 16.9 Å². The van der Waals surface area contributed by atoms with Crippen LogP contribution in [0.15, 0.2) is 12.5 Å². The lowest BCUT2D eigenvalue weighted by molar-refractivity contribution is -0.00537. The van der Waals surface area contributed by atoms with Crippen LogP contribution in [-0.4, -0.2) is 45.0 Å². The predicted molar refractivity (Wildman–Crippen MR) is 68.5 cm³/mol. The van der Waals surface area contributed by atoms with Crippen LogP contribution < -0.4 is 4.90 Å². The number of hydrogen-bond donors (Lipinski definition) is 0. The van der Waals surface area contributed by atoms with E-state index in [9.17, 15) is 0 Å². The summed E-state index contributed by atoms with van der Waals surface area (Å²) < 4.78 is 7.52. The zero-order valence-electron chi connectivity index (χ0n) is 10.9. The Morgan fingerprint density at radius 1 is 1.22 bits per heavy atom. The molecule has 1 saturated heterocycles. The molecule has 2 aromatic heterocycles. The predicted octanol–water partition coefficient (Wildman–Crippen LogP) is 0.977. The SMILES string of the molecule is CC1CN(c2ncnc3c2cnn3C)CC(C)O1. The second-order valence-electron chi connectivity index (χ2n) is 4.87. The van der Waals surface area contributed by atoms with Gasteiger partial charge in [0.1, 0.15) is 12.1 Å². The molecule has 0 aromatic carbocycles. The number of hydrogen-bond acceptors (Lipinski definition) is 5. The third-order valence-electron chi connectivity index (χ3n) is 3.23. The fourth-order valence-corrected chi connectivity index (χ4v) is 2.55.